The number of rotatable bonds is 2. The van der Waals surface area contributed by atoms with E-state index in [0.29, 0.717) is 11.3 Å². The van der Waals surface area contributed by atoms with Gasteiger partial charge in [-0.15, -0.1) is 10.3 Å². The Morgan fingerprint density at radius 3 is 2.21 bits per heavy atom. The highest BCUT2D eigenvalue weighted by molar-refractivity contribution is 6.05. The summed E-state index contributed by atoms with van der Waals surface area (Å²) in [5.74, 6) is -0.0951. The predicted octanol–water partition coefficient (Wildman–Crippen LogP) is 2.52. The van der Waals surface area contributed by atoms with Gasteiger partial charge >= 0.3 is 0 Å². The molecule has 1 radical (unpaired) electrons. The second kappa shape index (κ2) is 4.47. The molecule has 1 N–H and O–H groups in total. The fourth-order valence-electron chi connectivity index (χ4n) is 2.37. The Kier molecular flexibility index (Phi) is 3.24. The van der Waals surface area contributed by atoms with Crippen LogP contribution >= 0.6 is 0 Å². The topological polar surface area (TPSA) is 52.2 Å². The van der Waals surface area contributed by atoms with Gasteiger partial charge in [0.2, 0.25) is 0 Å². The van der Waals surface area contributed by atoms with Crippen molar-refractivity contribution in [1.29, 1.82) is 0 Å². The van der Waals surface area contributed by atoms with Crippen LogP contribution in [0.4, 0.5) is 0 Å². The van der Waals surface area contributed by atoms with Crippen molar-refractivity contribution in [3.8, 4) is 0 Å². The highest BCUT2D eigenvalue weighted by Crippen LogP contribution is 2.35. The highest BCUT2D eigenvalue weighted by atomic mass is 16.5. The Bertz CT molecular complexity index is 518. The van der Waals surface area contributed by atoms with Crippen LogP contribution in [0.25, 0.3) is 0 Å². The summed E-state index contributed by atoms with van der Waals surface area (Å²) in [4.78, 5) is 12.2. The normalized spacial score (nSPS) is 23.3. The molecule has 0 unspecified atom stereocenters. The quantitative estimate of drug-likeness (QED) is 0.656. The fourth-order valence-corrected chi connectivity index (χ4v) is 2.37. The summed E-state index contributed by atoms with van der Waals surface area (Å²) in [6.07, 6.45) is 1.52. The summed E-state index contributed by atoms with van der Waals surface area (Å²) in [6.45, 7) is 7.23. The molecule has 1 saturated heterocycles. The van der Waals surface area contributed by atoms with Gasteiger partial charge in [-0.05, 0) is 27.7 Å². The average Bonchev–Trinajstić information content (AvgIpc) is 2.51. The Morgan fingerprint density at radius 2 is 1.74 bits per heavy atom. The average molecular weight is 259 g/mol. The third-order valence-corrected chi connectivity index (χ3v) is 3.45. The zero-order valence-electron chi connectivity index (χ0n) is 11.7. The number of nitrogens with zero attached hydrogens (tertiary/aromatic N) is 1. The number of nitrogens with one attached hydrogen (secondary N) is 1. The second-order valence-corrected chi connectivity index (χ2v) is 5.83. The van der Waals surface area contributed by atoms with Crippen LogP contribution in [0.3, 0.4) is 0 Å². The van der Waals surface area contributed by atoms with E-state index < -0.39 is 11.2 Å². The zero-order valence-corrected chi connectivity index (χ0v) is 11.7. The van der Waals surface area contributed by atoms with Crippen LogP contribution in [0.15, 0.2) is 42.1 Å². The molecule has 0 saturated carbocycles. The van der Waals surface area contributed by atoms with Gasteiger partial charge < -0.3 is 5.32 Å². The lowest BCUT2D eigenvalue weighted by atomic mass is 9.99. The summed E-state index contributed by atoms with van der Waals surface area (Å²) < 4.78 is 0. The first-order valence-corrected chi connectivity index (χ1v) is 6.32. The number of hydroxylamine groups is 2. The first-order valence-electron chi connectivity index (χ1n) is 6.32. The summed E-state index contributed by atoms with van der Waals surface area (Å²) in [5.41, 5.74) is -0.156. The minimum atomic E-state index is -0.728. The molecule has 2 rings (SSSR count). The second-order valence-electron chi connectivity index (χ2n) is 5.83. The molecule has 1 aliphatic rings. The van der Waals surface area contributed by atoms with Gasteiger partial charge in [-0.3, -0.25) is 4.79 Å². The molecule has 1 aromatic carbocycles. The number of carbonyl (C=O) groups is 1. The van der Waals surface area contributed by atoms with Crippen molar-refractivity contribution in [3.05, 3.63) is 47.7 Å². The van der Waals surface area contributed by atoms with Crippen molar-refractivity contribution < 1.29 is 10.0 Å². The third-order valence-electron chi connectivity index (χ3n) is 3.45. The Morgan fingerprint density at radius 1 is 1.16 bits per heavy atom. The van der Waals surface area contributed by atoms with Gasteiger partial charge in [-0.2, -0.15) is 0 Å². The monoisotopic (exact) mass is 259 g/mol. The van der Waals surface area contributed by atoms with E-state index in [1.54, 1.807) is 26.0 Å². The van der Waals surface area contributed by atoms with Gasteiger partial charge in [0.15, 0.2) is 5.78 Å². The molecule has 4 heteroatoms. The van der Waals surface area contributed by atoms with Crippen LogP contribution in [-0.2, 0) is 5.21 Å². The van der Waals surface area contributed by atoms with E-state index in [9.17, 15) is 10.0 Å². The maximum absolute atomic E-state index is 12.2. The number of hydrogen-bond donors (Lipinski definition) is 1. The molecule has 1 aliphatic heterocycles. The molecule has 0 amide bonds. The number of ketones is 1. The van der Waals surface area contributed by atoms with Gasteiger partial charge in [0.25, 0.3) is 0 Å². The SMILES string of the molecule is CC1(C)N/C(=C/C(=O)c2ccccc2)C(C)(C)N1[O]. The minimum Gasteiger partial charge on any atom is -0.367 e. The van der Waals surface area contributed by atoms with E-state index in [-0.39, 0.29) is 5.78 Å². The first kappa shape index (κ1) is 13.8. The van der Waals surface area contributed by atoms with E-state index in [4.69, 9.17) is 0 Å². The number of allylic oxidation sites excluding steroid dienone is 1. The maximum atomic E-state index is 12.2. The summed E-state index contributed by atoms with van der Waals surface area (Å²) >= 11 is 0. The largest absolute Gasteiger partial charge is 0.367 e. The van der Waals surface area contributed by atoms with Crippen LogP contribution < -0.4 is 5.32 Å². The van der Waals surface area contributed by atoms with E-state index in [2.05, 4.69) is 5.32 Å². The molecular weight excluding hydrogens is 240 g/mol. The lowest BCUT2D eigenvalue weighted by Crippen LogP contribution is -2.47. The van der Waals surface area contributed by atoms with Crippen molar-refractivity contribution in [3.63, 3.8) is 0 Å². The predicted molar refractivity (Wildman–Crippen MR) is 72.7 cm³/mol. The molecule has 0 spiro atoms. The first-order chi connectivity index (χ1) is 8.75. The third kappa shape index (κ3) is 2.41. The van der Waals surface area contributed by atoms with Crippen molar-refractivity contribution in [1.82, 2.24) is 10.4 Å². The van der Waals surface area contributed by atoms with E-state index >= 15 is 0 Å². The van der Waals surface area contributed by atoms with Crippen LogP contribution in [-0.4, -0.2) is 22.0 Å². The van der Waals surface area contributed by atoms with Crippen LogP contribution in [0.5, 0.6) is 0 Å². The zero-order chi connectivity index (χ0) is 14.3. The molecular formula is C15H19N2O2. The van der Waals surface area contributed by atoms with Crippen molar-refractivity contribution in [2.24, 2.45) is 0 Å². The van der Waals surface area contributed by atoms with E-state index in [0.717, 1.165) is 5.06 Å². The Hall–Kier alpha value is -1.65. The van der Waals surface area contributed by atoms with E-state index in [1.165, 1.54) is 6.08 Å². The molecule has 19 heavy (non-hydrogen) atoms. The fraction of sp³-hybridized carbons (Fsp3) is 0.400. The molecule has 0 bridgehead atoms. The molecule has 4 nitrogen and oxygen atoms in total. The molecule has 0 aromatic heterocycles. The number of benzene rings is 1. The Labute approximate surface area is 113 Å². The standard InChI is InChI=1S/C15H19N2O2/c1-14(2)13(16-15(3,4)17(14)19)10-12(18)11-8-6-5-7-9-11/h5-10,16H,1-4H3/b13-10+. The molecule has 0 atom stereocenters. The highest BCUT2D eigenvalue weighted by Gasteiger charge is 2.49. The van der Waals surface area contributed by atoms with Crippen LogP contribution in [0.1, 0.15) is 38.1 Å². The minimum absolute atomic E-state index is 0.0951. The lowest BCUT2D eigenvalue weighted by molar-refractivity contribution is -0.243. The summed E-state index contributed by atoms with van der Waals surface area (Å²) in [7, 11) is 0. The molecule has 0 aliphatic carbocycles. The molecule has 1 heterocycles. The van der Waals surface area contributed by atoms with Gasteiger partial charge in [-0.25, -0.2) is 0 Å². The van der Waals surface area contributed by atoms with Crippen molar-refractivity contribution in [2.45, 2.75) is 38.9 Å². The molecule has 1 aromatic rings. The van der Waals surface area contributed by atoms with Gasteiger partial charge in [0, 0.05) is 17.3 Å². The number of carbonyl (C=O) groups excluding carboxylic acids is 1. The van der Waals surface area contributed by atoms with Crippen molar-refractivity contribution in [2.75, 3.05) is 0 Å². The van der Waals surface area contributed by atoms with Gasteiger partial charge in [0.05, 0.1) is 5.54 Å². The lowest BCUT2D eigenvalue weighted by Gasteiger charge is -2.29. The molecule has 101 valence electrons. The van der Waals surface area contributed by atoms with Gasteiger partial charge in [0.1, 0.15) is 5.66 Å². The number of hydrogen-bond acceptors (Lipinski definition) is 3. The van der Waals surface area contributed by atoms with Crippen molar-refractivity contribution >= 4 is 5.78 Å². The van der Waals surface area contributed by atoms with Crippen LogP contribution in [0, 0.1) is 0 Å². The van der Waals surface area contributed by atoms with Gasteiger partial charge in [-0.1, -0.05) is 30.3 Å². The maximum Gasteiger partial charge on any atom is 0.187 e. The Balaban J connectivity index is 2.32. The van der Waals surface area contributed by atoms with E-state index in [1.807, 2.05) is 32.0 Å². The summed E-state index contributed by atoms with van der Waals surface area (Å²) in [5, 5.41) is 16.3. The summed E-state index contributed by atoms with van der Waals surface area (Å²) in [6, 6.07) is 9.04. The van der Waals surface area contributed by atoms with Crippen LogP contribution in [0.2, 0.25) is 0 Å². The smallest absolute Gasteiger partial charge is 0.187 e. The molecule has 1 fully saturated rings.